The SMILES string of the molecule is C=C(NC)c1cc(-c2ccc(NC3(c4ccc(F)cc4)CCC3)nn2)ccn1. The molecule has 5 nitrogen and oxygen atoms in total. The van der Waals surface area contributed by atoms with Crippen LogP contribution in [0.3, 0.4) is 0 Å². The average molecular weight is 375 g/mol. The Morgan fingerprint density at radius 1 is 1.07 bits per heavy atom. The minimum Gasteiger partial charge on any atom is -0.387 e. The number of anilines is 1. The Bertz CT molecular complexity index is 979. The lowest BCUT2D eigenvalue weighted by atomic mass is 9.72. The summed E-state index contributed by atoms with van der Waals surface area (Å²) in [6.07, 6.45) is 4.84. The second-order valence-electron chi connectivity index (χ2n) is 7.03. The van der Waals surface area contributed by atoms with Crippen LogP contribution in [-0.2, 0) is 5.54 Å². The Labute approximate surface area is 163 Å². The summed E-state index contributed by atoms with van der Waals surface area (Å²) in [5.74, 6) is 0.488. The van der Waals surface area contributed by atoms with E-state index in [9.17, 15) is 4.39 Å². The van der Waals surface area contributed by atoms with E-state index in [4.69, 9.17) is 0 Å². The van der Waals surface area contributed by atoms with E-state index in [0.717, 1.165) is 47.5 Å². The summed E-state index contributed by atoms with van der Waals surface area (Å²) < 4.78 is 13.3. The maximum atomic E-state index is 13.3. The van der Waals surface area contributed by atoms with Gasteiger partial charge in [-0.3, -0.25) is 4.98 Å². The molecule has 4 rings (SSSR count). The van der Waals surface area contributed by atoms with E-state index < -0.39 is 0 Å². The molecular formula is C22H22FN5. The predicted molar refractivity (Wildman–Crippen MR) is 109 cm³/mol. The smallest absolute Gasteiger partial charge is 0.149 e. The molecular weight excluding hydrogens is 353 g/mol. The van der Waals surface area contributed by atoms with Gasteiger partial charge in [0, 0.05) is 18.8 Å². The van der Waals surface area contributed by atoms with Crippen LogP contribution in [0.4, 0.5) is 10.2 Å². The van der Waals surface area contributed by atoms with E-state index >= 15 is 0 Å². The lowest BCUT2D eigenvalue weighted by molar-refractivity contribution is 0.283. The summed E-state index contributed by atoms with van der Waals surface area (Å²) in [7, 11) is 1.81. The van der Waals surface area contributed by atoms with Crippen molar-refractivity contribution in [3.8, 4) is 11.3 Å². The van der Waals surface area contributed by atoms with Crippen LogP contribution in [0, 0.1) is 5.82 Å². The van der Waals surface area contributed by atoms with Crippen LogP contribution < -0.4 is 10.6 Å². The summed E-state index contributed by atoms with van der Waals surface area (Å²) in [5, 5.41) is 15.3. The summed E-state index contributed by atoms with van der Waals surface area (Å²) in [6.45, 7) is 3.94. The standard InChI is InChI=1S/C22H22FN5/c1-15(24-2)20-14-16(10-13-25-20)19-8-9-21(28-27-19)26-22(11-3-12-22)17-4-6-18(23)7-5-17/h4-10,13-14,24H,1,3,11-12H2,2H3,(H,26,28). The Morgan fingerprint density at radius 3 is 2.46 bits per heavy atom. The maximum absolute atomic E-state index is 13.3. The molecule has 3 aromatic rings. The van der Waals surface area contributed by atoms with Crippen molar-refractivity contribution in [2.24, 2.45) is 0 Å². The molecule has 142 valence electrons. The topological polar surface area (TPSA) is 62.7 Å². The van der Waals surface area contributed by atoms with Crippen LogP contribution in [0.5, 0.6) is 0 Å². The number of benzene rings is 1. The van der Waals surface area contributed by atoms with Crippen molar-refractivity contribution < 1.29 is 4.39 Å². The summed E-state index contributed by atoms with van der Waals surface area (Å²) in [4.78, 5) is 4.31. The number of hydrogen-bond donors (Lipinski definition) is 2. The quantitative estimate of drug-likeness (QED) is 0.670. The molecule has 1 aromatic carbocycles. The molecule has 0 spiro atoms. The summed E-state index contributed by atoms with van der Waals surface area (Å²) in [6, 6.07) is 14.4. The minimum absolute atomic E-state index is 0.196. The Kier molecular flexibility index (Phi) is 4.77. The van der Waals surface area contributed by atoms with Crippen LogP contribution in [0.1, 0.15) is 30.5 Å². The van der Waals surface area contributed by atoms with Gasteiger partial charge in [0.15, 0.2) is 0 Å². The normalized spacial score (nSPS) is 14.8. The third kappa shape index (κ3) is 3.45. The average Bonchev–Trinajstić information content (AvgIpc) is 2.71. The second-order valence-corrected chi connectivity index (χ2v) is 7.03. The first-order valence-corrected chi connectivity index (χ1v) is 9.31. The molecule has 0 amide bonds. The van der Waals surface area contributed by atoms with Gasteiger partial charge in [-0.25, -0.2) is 4.39 Å². The monoisotopic (exact) mass is 375 g/mol. The van der Waals surface area contributed by atoms with Gasteiger partial charge in [0.2, 0.25) is 0 Å². The molecule has 2 N–H and O–H groups in total. The van der Waals surface area contributed by atoms with Crippen LogP contribution in [0.2, 0.25) is 0 Å². The van der Waals surface area contributed by atoms with Gasteiger partial charge in [-0.1, -0.05) is 18.7 Å². The second kappa shape index (κ2) is 7.38. The Balaban J connectivity index is 1.55. The third-order valence-electron chi connectivity index (χ3n) is 5.30. The van der Waals surface area contributed by atoms with E-state index in [1.165, 1.54) is 12.1 Å². The van der Waals surface area contributed by atoms with Crippen LogP contribution >= 0.6 is 0 Å². The van der Waals surface area contributed by atoms with Gasteiger partial charge in [0.05, 0.1) is 22.6 Å². The number of aromatic nitrogens is 3. The van der Waals surface area contributed by atoms with Crippen LogP contribution in [-0.4, -0.2) is 22.2 Å². The number of nitrogens with zero attached hydrogens (tertiary/aromatic N) is 3. The Hall–Kier alpha value is -3.28. The fourth-order valence-electron chi connectivity index (χ4n) is 3.47. The largest absolute Gasteiger partial charge is 0.387 e. The fourth-order valence-corrected chi connectivity index (χ4v) is 3.47. The molecule has 0 bridgehead atoms. The molecule has 28 heavy (non-hydrogen) atoms. The van der Waals surface area contributed by atoms with E-state index in [0.29, 0.717) is 5.82 Å². The van der Waals surface area contributed by atoms with Crippen molar-refractivity contribution in [2.75, 3.05) is 12.4 Å². The van der Waals surface area contributed by atoms with Gasteiger partial charge < -0.3 is 10.6 Å². The molecule has 1 aliphatic rings. The number of rotatable bonds is 6. The third-order valence-corrected chi connectivity index (χ3v) is 5.30. The van der Waals surface area contributed by atoms with Crippen LogP contribution in [0.15, 0.2) is 61.3 Å². The van der Waals surface area contributed by atoms with E-state index in [2.05, 4.69) is 32.4 Å². The van der Waals surface area contributed by atoms with Crippen molar-refractivity contribution >= 4 is 11.5 Å². The first kappa shape index (κ1) is 18.1. The molecule has 0 aliphatic heterocycles. The van der Waals surface area contributed by atoms with Crippen LogP contribution in [0.25, 0.3) is 17.0 Å². The molecule has 0 radical (unpaired) electrons. The van der Waals surface area contributed by atoms with Gasteiger partial charge in [-0.2, -0.15) is 0 Å². The molecule has 2 heterocycles. The molecule has 0 atom stereocenters. The molecule has 2 aromatic heterocycles. The number of halogens is 1. The molecule has 6 heteroatoms. The minimum atomic E-state index is -0.222. The van der Waals surface area contributed by atoms with Gasteiger partial charge in [0.25, 0.3) is 0 Å². The van der Waals surface area contributed by atoms with E-state index in [-0.39, 0.29) is 11.4 Å². The number of hydrogen-bond acceptors (Lipinski definition) is 5. The molecule has 1 fully saturated rings. The van der Waals surface area contributed by atoms with Crippen molar-refractivity contribution in [1.29, 1.82) is 0 Å². The van der Waals surface area contributed by atoms with Gasteiger partial charge in [0.1, 0.15) is 11.6 Å². The zero-order valence-electron chi connectivity index (χ0n) is 15.7. The maximum Gasteiger partial charge on any atom is 0.149 e. The van der Waals surface area contributed by atoms with E-state index in [1.54, 1.807) is 6.20 Å². The first-order chi connectivity index (χ1) is 13.6. The fraction of sp³-hybridized carbons (Fsp3) is 0.227. The van der Waals surface area contributed by atoms with Crippen molar-refractivity contribution in [3.05, 3.63) is 78.4 Å². The zero-order valence-corrected chi connectivity index (χ0v) is 15.7. The van der Waals surface area contributed by atoms with Gasteiger partial charge in [-0.05, 0) is 61.2 Å². The highest BCUT2D eigenvalue weighted by Crippen LogP contribution is 2.43. The lowest BCUT2D eigenvalue weighted by Crippen LogP contribution is -2.42. The first-order valence-electron chi connectivity index (χ1n) is 9.31. The van der Waals surface area contributed by atoms with E-state index in [1.807, 2.05) is 43.4 Å². The molecule has 0 unspecified atom stereocenters. The number of nitrogens with one attached hydrogen (secondary N) is 2. The molecule has 0 saturated heterocycles. The highest BCUT2D eigenvalue weighted by molar-refractivity contribution is 5.66. The number of pyridine rings is 1. The van der Waals surface area contributed by atoms with Gasteiger partial charge >= 0.3 is 0 Å². The van der Waals surface area contributed by atoms with Gasteiger partial charge in [-0.15, -0.1) is 10.2 Å². The zero-order chi connectivity index (χ0) is 19.6. The molecule has 1 aliphatic carbocycles. The van der Waals surface area contributed by atoms with Crippen molar-refractivity contribution in [3.63, 3.8) is 0 Å². The van der Waals surface area contributed by atoms with Crippen molar-refractivity contribution in [1.82, 2.24) is 20.5 Å². The highest BCUT2D eigenvalue weighted by Gasteiger charge is 2.39. The molecule has 1 saturated carbocycles. The highest BCUT2D eigenvalue weighted by atomic mass is 19.1. The lowest BCUT2D eigenvalue weighted by Gasteiger charge is -2.43. The van der Waals surface area contributed by atoms with Crippen molar-refractivity contribution in [2.45, 2.75) is 24.8 Å². The summed E-state index contributed by atoms with van der Waals surface area (Å²) >= 11 is 0. The summed E-state index contributed by atoms with van der Waals surface area (Å²) in [5.41, 5.74) is 4.10. The predicted octanol–water partition coefficient (Wildman–Crippen LogP) is 4.36. The Morgan fingerprint density at radius 2 is 1.86 bits per heavy atom.